The Bertz CT molecular complexity index is 1140. The van der Waals surface area contributed by atoms with Crippen LogP contribution >= 0.6 is 11.6 Å². The van der Waals surface area contributed by atoms with Gasteiger partial charge in [-0.3, -0.25) is 9.52 Å². The molecule has 0 aromatic heterocycles. The van der Waals surface area contributed by atoms with Crippen molar-refractivity contribution in [1.82, 2.24) is 0 Å². The zero-order valence-corrected chi connectivity index (χ0v) is 16.9. The van der Waals surface area contributed by atoms with Gasteiger partial charge >= 0.3 is 0 Å². The molecular formula is C21H19ClN2O3S. The highest BCUT2D eigenvalue weighted by Crippen LogP contribution is 2.25. The standard InChI is InChI=1S/C21H19ClN2O3S/c1-14-7-5-10-18(15(14)2)21(25)23-16-8-6-9-17(13-16)28(26,27)24-20-12-4-3-11-19(20)22/h3-13,24H,1-2H3,(H,23,25). The fourth-order valence-electron chi connectivity index (χ4n) is 2.68. The van der Waals surface area contributed by atoms with E-state index in [1.807, 2.05) is 26.0 Å². The molecule has 0 fully saturated rings. The first-order valence-corrected chi connectivity index (χ1v) is 10.4. The van der Waals surface area contributed by atoms with Gasteiger partial charge in [0.05, 0.1) is 15.6 Å². The van der Waals surface area contributed by atoms with E-state index >= 15 is 0 Å². The van der Waals surface area contributed by atoms with E-state index in [0.29, 0.717) is 16.3 Å². The molecule has 3 aromatic rings. The lowest BCUT2D eigenvalue weighted by Crippen LogP contribution is -2.16. The van der Waals surface area contributed by atoms with Crippen LogP contribution in [-0.4, -0.2) is 14.3 Å². The summed E-state index contributed by atoms with van der Waals surface area (Å²) < 4.78 is 27.8. The van der Waals surface area contributed by atoms with Gasteiger partial charge in [-0.05, 0) is 61.4 Å². The van der Waals surface area contributed by atoms with Crippen LogP contribution in [0.5, 0.6) is 0 Å². The smallest absolute Gasteiger partial charge is 0.262 e. The summed E-state index contributed by atoms with van der Waals surface area (Å²) in [6.45, 7) is 3.80. The Morgan fingerprint density at radius 1 is 0.929 bits per heavy atom. The van der Waals surface area contributed by atoms with Crippen molar-refractivity contribution in [3.63, 3.8) is 0 Å². The lowest BCUT2D eigenvalue weighted by Gasteiger charge is -2.12. The molecule has 2 N–H and O–H groups in total. The molecule has 0 saturated heterocycles. The molecule has 28 heavy (non-hydrogen) atoms. The van der Waals surface area contributed by atoms with Crippen LogP contribution in [0.1, 0.15) is 21.5 Å². The predicted molar refractivity (Wildman–Crippen MR) is 113 cm³/mol. The van der Waals surface area contributed by atoms with Crippen LogP contribution in [0.3, 0.4) is 0 Å². The quantitative estimate of drug-likeness (QED) is 0.616. The van der Waals surface area contributed by atoms with E-state index in [2.05, 4.69) is 10.0 Å². The van der Waals surface area contributed by atoms with Gasteiger partial charge in [0.15, 0.2) is 0 Å². The molecule has 144 valence electrons. The van der Waals surface area contributed by atoms with Gasteiger partial charge in [0.1, 0.15) is 0 Å². The highest BCUT2D eigenvalue weighted by atomic mass is 35.5. The maximum absolute atomic E-state index is 12.7. The number of halogens is 1. The molecule has 0 spiro atoms. The number of aryl methyl sites for hydroxylation is 1. The van der Waals surface area contributed by atoms with E-state index in [4.69, 9.17) is 11.6 Å². The second-order valence-electron chi connectivity index (χ2n) is 6.31. The van der Waals surface area contributed by atoms with Crippen molar-refractivity contribution in [3.8, 4) is 0 Å². The highest BCUT2D eigenvalue weighted by molar-refractivity contribution is 7.92. The first-order valence-electron chi connectivity index (χ1n) is 8.53. The van der Waals surface area contributed by atoms with Crippen LogP contribution in [0, 0.1) is 13.8 Å². The minimum atomic E-state index is -3.86. The van der Waals surface area contributed by atoms with Crippen molar-refractivity contribution in [1.29, 1.82) is 0 Å². The topological polar surface area (TPSA) is 75.3 Å². The molecule has 0 radical (unpaired) electrons. The van der Waals surface area contributed by atoms with Crippen molar-refractivity contribution in [3.05, 3.63) is 88.4 Å². The lowest BCUT2D eigenvalue weighted by molar-refractivity contribution is 0.102. The third-order valence-corrected chi connectivity index (χ3v) is 6.06. The molecule has 0 aliphatic heterocycles. The Hall–Kier alpha value is -2.83. The zero-order valence-electron chi connectivity index (χ0n) is 15.4. The second kappa shape index (κ2) is 8.04. The Labute approximate surface area is 169 Å². The van der Waals surface area contributed by atoms with Crippen molar-refractivity contribution < 1.29 is 13.2 Å². The maximum Gasteiger partial charge on any atom is 0.262 e. The third kappa shape index (κ3) is 4.35. The fourth-order valence-corrected chi connectivity index (χ4v) is 4.05. The average Bonchev–Trinajstić information content (AvgIpc) is 2.66. The van der Waals surface area contributed by atoms with E-state index in [0.717, 1.165) is 11.1 Å². The molecule has 0 unspecified atom stereocenters. The number of nitrogens with one attached hydrogen (secondary N) is 2. The molecule has 0 saturated carbocycles. The normalized spacial score (nSPS) is 11.1. The summed E-state index contributed by atoms with van der Waals surface area (Å²) >= 11 is 6.03. The first kappa shape index (κ1) is 19.9. The van der Waals surface area contributed by atoms with E-state index in [1.54, 1.807) is 42.5 Å². The molecule has 0 aliphatic rings. The van der Waals surface area contributed by atoms with Crippen LogP contribution in [0.4, 0.5) is 11.4 Å². The third-order valence-electron chi connectivity index (χ3n) is 4.37. The van der Waals surface area contributed by atoms with E-state index < -0.39 is 10.0 Å². The summed E-state index contributed by atoms with van der Waals surface area (Å²) in [6.07, 6.45) is 0. The van der Waals surface area contributed by atoms with Gasteiger partial charge in [0.25, 0.3) is 15.9 Å². The Kier molecular flexibility index (Phi) is 5.72. The molecule has 0 heterocycles. The molecule has 1 amide bonds. The maximum atomic E-state index is 12.7. The Morgan fingerprint density at radius 2 is 1.64 bits per heavy atom. The monoisotopic (exact) mass is 414 g/mol. The molecule has 0 aliphatic carbocycles. The van der Waals surface area contributed by atoms with Gasteiger partial charge in [-0.2, -0.15) is 0 Å². The Morgan fingerprint density at radius 3 is 2.39 bits per heavy atom. The summed E-state index contributed by atoms with van der Waals surface area (Å²) in [4.78, 5) is 12.6. The molecular weight excluding hydrogens is 396 g/mol. The summed E-state index contributed by atoms with van der Waals surface area (Å²) in [5.41, 5.74) is 3.10. The van der Waals surface area contributed by atoms with Gasteiger partial charge in [-0.1, -0.05) is 41.9 Å². The number of rotatable bonds is 5. The van der Waals surface area contributed by atoms with Crippen LogP contribution in [-0.2, 0) is 10.0 Å². The highest BCUT2D eigenvalue weighted by Gasteiger charge is 2.17. The van der Waals surface area contributed by atoms with E-state index in [-0.39, 0.29) is 16.5 Å². The van der Waals surface area contributed by atoms with Gasteiger partial charge in [-0.15, -0.1) is 0 Å². The molecule has 3 rings (SSSR count). The van der Waals surface area contributed by atoms with Crippen LogP contribution in [0.2, 0.25) is 5.02 Å². The minimum Gasteiger partial charge on any atom is -0.322 e. The number of carbonyl (C=O) groups is 1. The van der Waals surface area contributed by atoms with Gasteiger partial charge in [0.2, 0.25) is 0 Å². The first-order chi connectivity index (χ1) is 13.3. The van der Waals surface area contributed by atoms with Gasteiger partial charge in [0, 0.05) is 11.3 Å². The number of amides is 1. The van der Waals surface area contributed by atoms with Crippen molar-refractivity contribution >= 4 is 38.9 Å². The number of carbonyl (C=O) groups excluding carboxylic acids is 1. The summed E-state index contributed by atoms with van der Waals surface area (Å²) in [5.74, 6) is -0.296. The molecule has 7 heteroatoms. The molecule has 5 nitrogen and oxygen atoms in total. The number of sulfonamides is 1. The van der Waals surface area contributed by atoms with Crippen molar-refractivity contribution in [2.24, 2.45) is 0 Å². The number of hydrogen-bond acceptors (Lipinski definition) is 3. The van der Waals surface area contributed by atoms with E-state index in [9.17, 15) is 13.2 Å². The second-order valence-corrected chi connectivity index (χ2v) is 8.40. The van der Waals surface area contributed by atoms with Gasteiger partial charge in [-0.25, -0.2) is 8.42 Å². The number of benzene rings is 3. The van der Waals surface area contributed by atoms with Crippen molar-refractivity contribution in [2.45, 2.75) is 18.7 Å². The van der Waals surface area contributed by atoms with Crippen molar-refractivity contribution in [2.75, 3.05) is 10.0 Å². The SMILES string of the molecule is Cc1cccc(C(=O)Nc2cccc(S(=O)(=O)Nc3ccccc3Cl)c2)c1C. The molecule has 3 aromatic carbocycles. The largest absolute Gasteiger partial charge is 0.322 e. The van der Waals surface area contributed by atoms with E-state index in [1.165, 1.54) is 12.1 Å². The average molecular weight is 415 g/mol. The number of hydrogen-bond donors (Lipinski definition) is 2. The Balaban J connectivity index is 1.85. The fraction of sp³-hybridized carbons (Fsp3) is 0.0952. The van der Waals surface area contributed by atoms with Crippen LogP contribution < -0.4 is 10.0 Å². The number of anilines is 2. The minimum absolute atomic E-state index is 0.0196. The summed E-state index contributed by atoms with van der Waals surface area (Å²) in [5, 5.41) is 3.05. The lowest BCUT2D eigenvalue weighted by atomic mass is 10.0. The predicted octanol–water partition coefficient (Wildman–Crippen LogP) is 5.01. The summed E-state index contributed by atoms with van der Waals surface area (Å²) in [7, 11) is -3.86. The van der Waals surface area contributed by atoms with Crippen LogP contribution in [0.15, 0.2) is 71.6 Å². The summed E-state index contributed by atoms with van der Waals surface area (Å²) in [6, 6.07) is 18.1. The molecule has 0 atom stereocenters. The number of para-hydroxylation sites is 1. The van der Waals surface area contributed by atoms with Gasteiger partial charge < -0.3 is 5.32 Å². The van der Waals surface area contributed by atoms with Crippen LogP contribution in [0.25, 0.3) is 0 Å². The molecule has 0 bridgehead atoms. The zero-order chi connectivity index (χ0) is 20.3.